The summed E-state index contributed by atoms with van der Waals surface area (Å²) in [4.78, 5) is 13.4. The van der Waals surface area contributed by atoms with Crippen LogP contribution in [0, 0.1) is 5.82 Å². The van der Waals surface area contributed by atoms with Crippen molar-refractivity contribution in [3.8, 4) is 0 Å². The average molecular weight is 262 g/mol. The van der Waals surface area contributed by atoms with Gasteiger partial charge in [0.2, 0.25) is 0 Å². The zero-order valence-electron chi connectivity index (χ0n) is 10.7. The number of hydrogen-bond acceptors (Lipinski definition) is 3. The first-order valence-electron chi connectivity index (χ1n) is 5.76. The lowest BCUT2D eigenvalue weighted by atomic mass is 10.3. The number of amides is 2. The minimum Gasteiger partial charge on any atom is -0.307 e. The standard InChI is InChI=1S/C13H15FN4O/c1-9-7-12(17-15-8-9)16-13(19)18(2)11-5-3-10(14)4-6-11/h3-8,15,17H,1-2H3,(H,16,19). The van der Waals surface area contributed by atoms with E-state index >= 15 is 0 Å². The summed E-state index contributed by atoms with van der Waals surface area (Å²) >= 11 is 0. The molecule has 0 atom stereocenters. The molecule has 1 aromatic rings. The second-order valence-electron chi connectivity index (χ2n) is 4.18. The van der Waals surface area contributed by atoms with Crippen LogP contribution in [0.2, 0.25) is 0 Å². The predicted molar refractivity (Wildman–Crippen MR) is 71.4 cm³/mol. The molecule has 1 heterocycles. The van der Waals surface area contributed by atoms with Gasteiger partial charge in [0.15, 0.2) is 0 Å². The molecule has 0 radical (unpaired) electrons. The molecule has 1 aromatic carbocycles. The van der Waals surface area contributed by atoms with Crippen molar-refractivity contribution >= 4 is 11.7 Å². The molecule has 3 N–H and O–H groups in total. The van der Waals surface area contributed by atoms with Gasteiger partial charge in [0, 0.05) is 18.9 Å². The van der Waals surface area contributed by atoms with Crippen molar-refractivity contribution in [1.82, 2.24) is 16.2 Å². The Hall–Kier alpha value is -2.50. The largest absolute Gasteiger partial charge is 0.327 e. The van der Waals surface area contributed by atoms with Crippen LogP contribution in [0.1, 0.15) is 6.92 Å². The van der Waals surface area contributed by atoms with Gasteiger partial charge in [-0.1, -0.05) is 0 Å². The van der Waals surface area contributed by atoms with Gasteiger partial charge in [-0.25, -0.2) is 9.18 Å². The molecular weight excluding hydrogens is 247 g/mol. The number of carbonyl (C=O) groups is 1. The van der Waals surface area contributed by atoms with E-state index in [9.17, 15) is 9.18 Å². The molecule has 2 amide bonds. The smallest absolute Gasteiger partial charge is 0.307 e. The Morgan fingerprint density at radius 2 is 2.00 bits per heavy atom. The van der Waals surface area contributed by atoms with E-state index < -0.39 is 0 Å². The van der Waals surface area contributed by atoms with Crippen molar-refractivity contribution in [2.75, 3.05) is 11.9 Å². The van der Waals surface area contributed by atoms with Crippen molar-refractivity contribution in [3.05, 3.63) is 53.8 Å². The average Bonchev–Trinajstić information content (AvgIpc) is 2.39. The highest BCUT2D eigenvalue weighted by Crippen LogP contribution is 2.13. The maximum Gasteiger partial charge on any atom is 0.327 e. The fourth-order valence-electron chi connectivity index (χ4n) is 1.58. The number of hydrazine groups is 1. The minimum atomic E-state index is -0.334. The number of allylic oxidation sites excluding steroid dienone is 2. The summed E-state index contributed by atoms with van der Waals surface area (Å²) in [5.41, 5.74) is 7.22. The Morgan fingerprint density at radius 3 is 2.63 bits per heavy atom. The number of anilines is 1. The lowest BCUT2D eigenvalue weighted by Crippen LogP contribution is -2.44. The van der Waals surface area contributed by atoms with Crippen LogP contribution in [0.5, 0.6) is 0 Å². The Morgan fingerprint density at radius 1 is 1.32 bits per heavy atom. The fourth-order valence-corrected chi connectivity index (χ4v) is 1.58. The number of hydrogen-bond donors (Lipinski definition) is 3. The number of nitrogens with zero attached hydrogens (tertiary/aromatic N) is 1. The van der Waals surface area contributed by atoms with Gasteiger partial charge >= 0.3 is 6.03 Å². The number of rotatable bonds is 2. The molecule has 0 fully saturated rings. The van der Waals surface area contributed by atoms with Crippen LogP contribution >= 0.6 is 0 Å². The maximum atomic E-state index is 12.8. The SMILES string of the molecule is CC1=CNNC(NC(=O)N(C)c2ccc(F)cc2)=C1. The molecular formula is C13H15FN4O. The van der Waals surface area contributed by atoms with Crippen LogP contribution in [-0.4, -0.2) is 13.1 Å². The molecule has 0 unspecified atom stereocenters. The van der Waals surface area contributed by atoms with Gasteiger partial charge in [-0.2, -0.15) is 0 Å². The van der Waals surface area contributed by atoms with Crippen LogP contribution in [-0.2, 0) is 0 Å². The lowest BCUT2D eigenvalue weighted by Gasteiger charge is -2.21. The quantitative estimate of drug-likeness (QED) is 0.762. The van der Waals surface area contributed by atoms with Gasteiger partial charge in [-0.3, -0.25) is 15.6 Å². The van der Waals surface area contributed by atoms with E-state index in [1.54, 1.807) is 31.5 Å². The first kappa shape index (κ1) is 12.9. The number of benzene rings is 1. The molecule has 0 saturated carbocycles. The molecule has 0 spiro atoms. The molecule has 0 bridgehead atoms. The topological polar surface area (TPSA) is 56.4 Å². The van der Waals surface area contributed by atoms with Crippen molar-refractivity contribution in [1.29, 1.82) is 0 Å². The van der Waals surface area contributed by atoms with E-state index in [4.69, 9.17) is 0 Å². The van der Waals surface area contributed by atoms with E-state index in [2.05, 4.69) is 16.2 Å². The van der Waals surface area contributed by atoms with Crippen LogP contribution in [0.3, 0.4) is 0 Å². The van der Waals surface area contributed by atoms with Crippen molar-refractivity contribution in [2.24, 2.45) is 0 Å². The van der Waals surface area contributed by atoms with E-state index in [1.807, 2.05) is 6.92 Å². The summed E-state index contributed by atoms with van der Waals surface area (Å²) in [6, 6.07) is 5.39. The highest BCUT2D eigenvalue weighted by molar-refractivity contribution is 5.92. The van der Waals surface area contributed by atoms with Gasteiger partial charge in [0.1, 0.15) is 11.6 Å². The summed E-state index contributed by atoms with van der Waals surface area (Å²) in [6.45, 7) is 1.91. The summed E-state index contributed by atoms with van der Waals surface area (Å²) in [5, 5.41) is 2.70. The molecule has 0 aromatic heterocycles. The predicted octanol–water partition coefficient (Wildman–Crippen LogP) is 1.82. The van der Waals surface area contributed by atoms with Crippen molar-refractivity contribution < 1.29 is 9.18 Å². The Balaban J connectivity index is 2.03. The third kappa shape index (κ3) is 3.25. The van der Waals surface area contributed by atoms with E-state index in [-0.39, 0.29) is 11.8 Å². The number of nitrogens with one attached hydrogen (secondary N) is 3. The Kier molecular flexibility index (Phi) is 3.70. The third-order valence-electron chi connectivity index (χ3n) is 2.64. The normalized spacial score (nSPS) is 13.6. The fraction of sp³-hybridized carbons (Fsp3) is 0.154. The van der Waals surface area contributed by atoms with E-state index in [1.165, 1.54) is 17.0 Å². The van der Waals surface area contributed by atoms with Crippen molar-refractivity contribution in [2.45, 2.75) is 6.92 Å². The van der Waals surface area contributed by atoms with Gasteiger partial charge in [-0.05, 0) is 42.8 Å². The molecule has 19 heavy (non-hydrogen) atoms. The molecule has 1 aliphatic rings. The molecule has 1 aliphatic heterocycles. The van der Waals surface area contributed by atoms with Crippen molar-refractivity contribution in [3.63, 3.8) is 0 Å². The number of urea groups is 1. The van der Waals surface area contributed by atoms with Gasteiger partial charge in [0.25, 0.3) is 0 Å². The molecule has 6 heteroatoms. The van der Waals surface area contributed by atoms with Crippen LogP contribution in [0.15, 0.2) is 47.9 Å². The van der Waals surface area contributed by atoms with Gasteiger partial charge in [-0.15, -0.1) is 0 Å². The Labute approximate surface area is 110 Å². The van der Waals surface area contributed by atoms with Gasteiger partial charge in [0.05, 0.1) is 0 Å². The zero-order valence-corrected chi connectivity index (χ0v) is 10.7. The van der Waals surface area contributed by atoms with E-state index in [0.717, 1.165) is 5.57 Å². The Bertz CT molecular complexity index is 536. The first-order valence-corrected chi connectivity index (χ1v) is 5.76. The molecule has 5 nitrogen and oxygen atoms in total. The zero-order chi connectivity index (χ0) is 13.8. The summed E-state index contributed by atoms with van der Waals surface area (Å²) in [5.74, 6) is 0.220. The summed E-state index contributed by atoms with van der Waals surface area (Å²) in [6.07, 6.45) is 3.58. The minimum absolute atomic E-state index is 0.318. The second-order valence-corrected chi connectivity index (χ2v) is 4.18. The molecule has 2 rings (SSSR count). The molecule has 100 valence electrons. The summed E-state index contributed by atoms with van der Waals surface area (Å²) < 4.78 is 12.8. The number of carbonyl (C=O) groups excluding carboxylic acids is 1. The number of halogens is 1. The molecule has 0 aliphatic carbocycles. The first-order chi connectivity index (χ1) is 9.06. The third-order valence-corrected chi connectivity index (χ3v) is 2.64. The molecule has 0 saturated heterocycles. The lowest BCUT2D eigenvalue weighted by molar-refractivity contribution is 0.249. The summed E-state index contributed by atoms with van der Waals surface area (Å²) in [7, 11) is 1.61. The second kappa shape index (κ2) is 5.43. The maximum absolute atomic E-state index is 12.8. The highest BCUT2D eigenvalue weighted by atomic mass is 19.1. The van der Waals surface area contributed by atoms with Gasteiger partial charge < -0.3 is 5.43 Å². The monoisotopic (exact) mass is 262 g/mol. The van der Waals surface area contributed by atoms with Crippen LogP contribution < -0.4 is 21.1 Å². The van der Waals surface area contributed by atoms with Crippen LogP contribution in [0.25, 0.3) is 0 Å². The van der Waals surface area contributed by atoms with Crippen LogP contribution in [0.4, 0.5) is 14.9 Å². The highest BCUT2D eigenvalue weighted by Gasteiger charge is 2.13. The van der Waals surface area contributed by atoms with E-state index in [0.29, 0.717) is 11.5 Å².